The molecule has 0 spiro atoms. The number of carbonyl (C=O) groups excluding carboxylic acids is 1. The van der Waals surface area contributed by atoms with E-state index in [1.54, 1.807) is 6.07 Å². The third kappa shape index (κ3) is 2.71. The quantitative estimate of drug-likeness (QED) is 0.775. The minimum atomic E-state index is -0.318. The number of amides is 1. The summed E-state index contributed by atoms with van der Waals surface area (Å²) in [7, 11) is 0. The maximum Gasteiger partial charge on any atom is 0.258 e. The Hall–Kier alpha value is -2.66. The number of H-pyrrole nitrogens is 1. The van der Waals surface area contributed by atoms with Crippen molar-refractivity contribution < 1.29 is 4.79 Å². The van der Waals surface area contributed by atoms with E-state index in [1.165, 1.54) is 12.4 Å². The number of hydrogen-bond acceptors (Lipinski definition) is 3. The molecule has 0 saturated heterocycles. The molecule has 0 unspecified atom stereocenters. The summed E-state index contributed by atoms with van der Waals surface area (Å²) in [4.78, 5) is 16.1. The van der Waals surface area contributed by atoms with E-state index in [4.69, 9.17) is 11.6 Å². The van der Waals surface area contributed by atoms with Crippen LogP contribution in [-0.4, -0.2) is 21.1 Å². The lowest BCUT2D eigenvalue weighted by Crippen LogP contribution is -2.13. The molecular formula is C16H13ClN4O. The molecule has 0 saturated carbocycles. The van der Waals surface area contributed by atoms with Crippen molar-refractivity contribution in [1.29, 1.82) is 0 Å². The number of halogens is 1. The number of anilines is 1. The molecule has 6 heteroatoms. The van der Waals surface area contributed by atoms with E-state index in [-0.39, 0.29) is 5.91 Å². The fraction of sp³-hybridized carbons (Fsp3) is 0.0625. The highest BCUT2D eigenvalue weighted by atomic mass is 35.5. The Morgan fingerprint density at radius 1 is 1.23 bits per heavy atom. The smallest absolute Gasteiger partial charge is 0.258 e. The molecule has 22 heavy (non-hydrogen) atoms. The Labute approximate surface area is 132 Å². The monoisotopic (exact) mass is 312 g/mol. The van der Waals surface area contributed by atoms with E-state index in [0.717, 1.165) is 16.8 Å². The van der Waals surface area contributed by atoms with Crippen LogP contribution in [0.25, 0.3) is 11.3 Å². The second kappa shape index (κ2) is 5.99. The van der Waals surface area contributed by atoms with Crippen molar-refractivity contribution in [3.05, 3.63) is 64.9 Å². The zero-order chi connectivity index (χ0) is 15.5. The lowest BCUT2D eigenvalue weighted by Gasteiger charge is -2.05. The predicted molar refractivity (Wildman–Crippen MR) is 86.0 cm³/mol. The summed E-state index contributed by atoms with van der Waals surface area (Å²) < 4.78 is 0. The highest BCUT2D eigenvalue weighted by molar-refractivity contribution is 6.34. The fourth-order valence-electron chi connectivity index (χ4n) is 2.14. The van der Waals surface area contributed by atoms with E-state index >= 15 is 0 Å². The molecule has 1 aromatic carbocycles. The summed E-state index contributed by atoms with van der Waals surface area (Å²) in [6.45, 7) is 1.90. The minimum absolute atomic E-state index is 0.302. The lowest BCUT2D eigenvalue weighted by atomic mass is 10.1. The molecule has 0 bridgehead atoms. The van der Waals surface area contributed by atoms with E-state index in [9.17, 15) is 4.79 Å². The van der Waals surface area contributed by atoms with Crippen LogP contribution in [0.3, 0.4) is 0 Å². The molecule has 1 amide bonds. The van der Waals surface area contributed by atoms with E-state index in [2.05, 4.69) is 20.5 Å². The van der Waals surface area contributed by atoms with Gasteiger partial charge in [-0.15, -0.1) is 0 Å². The topological polar surface area (TPSA) is 70.7 Å². The van der Waals surface area contributed by atoms with Crippen LogP contribution in [0.5, 0.6) is 0 Å². The molecule has 0 atom stereocenters. The number of carbonyl (C=O) groups is 1. The van der Waals surface area contributed by atoms with E-state index in [0.29, 0.717) is 16.4 Å². The van der Waals surface area contributed by atoms with Crippen molar-refractivity contribution in [2.45, 2.75) is 6.92 Å². The maximum atomic E-state index is 12.3. The predicted octanol–water partition coefficient (Wildman–Crippen LogP) is 3.69. The standard InChI is InChI=1S/C16H13ClN4O/c1-10-14(11-5-3-2-4-6-11)20-21-15(10)19-16(22)12-7-8-18-9-13(12)17/h2-9H,1H3,(H2,19,20,21,22). The molecule has 0 fully saturated rings. The number of pyridine rings is 1. The molecule has 3 aromatic rings. The molecule has 0 aliphatic carbocycles. The molecule has 2 aromatic heterocycles. The van der Waals surface area contributed by atoms with Gasteiger partial charge in [0.25, 0.3) is 5.91 Å². The summed E-state index contributed by atoms with van der Waals surface area (Å²) in [6.07, 6.45) is 2.96. The molecule has 0 radical (unpaired) electrons. The van der Waals surface area contributed by atoms with Crippen LogP contribution in [0.4, 0.5) is 5.82 Å². The van der Waals surface area contributed by atoms with Crippen LogP contribution in [0.2, 0.25) is 5.02 Å². The van der Waals surface area contributed by atoms with Crippen molar-refractivity contribution in [1.82, 2.24) is 15.2 Å². The van der Waals surface area contributed by atoms with E-state index < -0.39 is 0 Å². The van der Waals surface area contributed by atoms with Gasteiger partial charge in [0.15, 0.2) is 5.82 Å². The van der Waals surface area contributed by atoms with Crippen LogP contribution in [0, 0.1) is 6.92 Å². The molecule has 2 heterocycles. The van der Waals surface area contributed by atoms with Crippen LogP contribution in [0.1, 0.15) is 15.9 Å². The molecule has 0 aliphatic rings. The molecule has 5 nitrogen and oxygen atoms in total. The van der Waals surface area contributed by atoms with Gasteiger partial charge in [0, 0.05) is 18.0 Å². The molecule has 2 N–H and O–H groups in total. The fourth-order valence-corrected chi connectivity index (χ4v) is 2.34. The maximum absolute atomic E-state index is 12.3. The van der Waals surface area contributed by atoms with Gasteiger partial charge < -0.3 is 5.32 Å². The van der Waals surface area contributed by atoms with Gasteiger partial charge in [0.05, 0.1) is 16.3 Å². The van der Waals surface area contributed by atoms with Crippen molar-refractivity contribution >= 4 is 23.3 Å². The summed E-state index contributed by atoms with van der Waals surface area (Å²) in [6, 6.07) is 11.4. The summed E-state index contributed by atoms with van der Waals surface area (Å²) in [5.74, 6) is 0.165. The van der Waals surface area contributed by atoms with Crippen molar-refractivity contribution in [3.63, 3.8) is 0 Å². The number of hydrogen-bond donors (Lipinski definition) is 2. The van der Waals surface area contributed by atoms with Gasteiger partial charge in [-0.05, 0) is 18.6 Å². The van der Waals surface area contributed by atoms with Crippen LogP contribution in [0.15, 0.2) is 48.8 Å². The van der Waals surface area contributed by atoms with Gasteiger partial charge in [0.1, 0.15) is 0 Å². The Balaban J connectivity index is 1.87. The van der Waals surface area contributed by atoms with Gasteiger partial charge in [-0.3, -0.25) is 14.9 Å². The first kappa shape index (κ1) is 14.3. The van der Waals surface area contributed by atoms with Gasteiger partial charge >= 0.3 is 0 Å². The third-order valence-electron chi connectivity index (χ3n) is 3.32. The van der Waals surface area contributed by atoms with Gasteiger partial charge in [0.2, 0.25) is 0 Å². The number of benzene rings is 1. The van der Waals surface area contributed by atoms with Crippen molar-refractivity contribution in [2.75, 3.05) is 5.32 Å². The molecule has 0 aliphatic heterocycles. The highest BCUT2D eigenvalue weighted by Crippen LogP contribution is 2.26. The Morgan fingerprint density at radius 3 is 2.73 bits per heavy atom. The summed E-state index contributed by atoms with van der Waals surface area (Å²) >= 11 is 5.97. The lowest BCUT2D eigenvalue weighted by molar-refractivity contribution is 0.102. The number of nitrogens with one attached hydrogen (secondary N) is 2. The SMILES string of the molecule is Cc1c(NC(=O)c2ccncc2Cl)n[nH]c1-c1ccccc1. The second-order valence-electron chi connectivity index (χ2n) is 4.75. The van der Waals surface area contributed by atoms with Gasteiger partial charge in [-0.25, -0.2) is 0 Å². The third-order valence-corrected chi connectivity index (χ3v) is 3.62. The van der Waals surface area contributed by atoms with Gasteiger partial charge in [-0.1, -0.05) is 41.9 Å². The van der Waals surface area contributed by atoms with Crippen LogP contribution in [-0.2, 0) is 0 Å². The Bertz CT molecular complexity index is 814. The van der Waals surface area contributed by atoms with E-state index in [1.807, 2.05) is 37.3 Å². The second-order valence-corrected chi connectivity index (χ2v) is 5.16. The molecule has 3 rings (SSSR count). The number of rotatable bonds is 3. The Morgan fingerprint density at radius 2 is 2.00 bits per heavy atom. The highest BCUT2D eigenvalue weighted by Gasteiger charge is 2.15. The molecule has 110 valence electrons. The summed E-state index contributed by atoms with van der Waals surface area (Å²) in [5, 5.41) is 10.2. The number of aromatic nitrogens is 3. The normalized spacial score (nSPS) is 10.5. The average Bonchev–Trinajstić information content (AvgIpc) is 2.89. The van der Waals surface area contributed by atoms with Gasteiger partial charge in [-0.2, -0.15) is 5.10 Å². The first-order valence-electron chi connectivity index (χ1n) is 6.68. The summed E-state index contributed by atoms with van der Waals surface area (Å²) in [5.41, 5.74) is 3.11. The zero-order valence-electron chi connectivity index (χ0n) is 11.8. The van der Waals surface area contributed by atoms with Crippen molar-refractivity contribution in [3.8, 4) is 11.3 Å². The first-order chi connectivity index (χ1) is 10.7. The van der Waals surface area contributed by atoms with Crippen molar-refractivity contribution in [2.24, 2.45) is 0 Å². The minimum Gasteiger partial charge on any atom is -0.305 e. The zero-order valence-corrected chi connectivity index (χ0v) is 12.6. The Kier molecular flexibility index (Phi) is 3.89. The molecular weight excluding hydrogens is 300 g/mol. The average molecular weight is 313 g/mol. The largest absolute Gasteiger partial charge is 0.305 e. The first-order valence-corrected chi connectivity index (χ1v) is 7.06. The number of aromatic amines is 1. The number of nitrogens with zero attached hydrogens (tertiary/aromatic N) is 2. The van der Waals surface area contributed by atoms with Crippen LogP contribution < -0.4 is 5.32 Å². The van der Waals surface area contributed by atoms with Crippen LogP contribution >= 0.6 is 11.6 Å².